The summed E-state index contributed by atoms with van der Waals surface area (Å²) in [6, 6.07) is 0. The van der Waals surface area contributed by atoms with Crippen molar-refractivity contribution >= 4 is 0 Å². The van der Waals surface area contributed by atoms with E-state index < -0.39 is 112 Å². The lowest BCUT2D eigenvalue weighted by Gasteiger charge is -2.45. The van der Waals surface area contributed by atoms with Gasteiger partial charge in [0.1, 0.15) is 73.2 Å². The normalized spacial score (nSPS) is 52.5. The van der Waals surface area contributed by atoms with Gasteiger partial charge in [0.2, 0.25) is 0 Å². The van der Waals surface area contributed by atoms with Crippen LogP contribution in [0.5, 0.6) is 0 Å². The van der Waals surface area contributed by atoms with Crippen molar-refractivity contribution < 1.29 is 79.9 Å². The summed E-state index contributed by atoms with van der Waals surface area (Å²) in [5.74, 6) is 0. The Bertz CT molecular complexity index is 637. The fraction of sp³-hybridized carbons (Fsp3) is 1.00. The maximum Gasteiger partial charge on any atom is 0.187 e. The van der Waals surface area contributed by atoms with Crippen LogP contribution in [0.25, 0.3) is 0 Å². The zero-order valence-corrected chi connectivity index (χ0v) is 17.7. The third-order valence-electron chi connectivity index (χ3n) is 6.07. The number of hydrogen-bond donors (Lipinski definition) is 11. The maximum atomic E-state index is 10.6. The molecule has 11 N–H and O–H groups in total. The molecule has 0 unspecified atom stereocenters. The Hall–Kier alpha value is -0.640. The molecule has 3 aliphatic rings. The van der Waals surface area contributed by atoms with Crippen molar-refractivity contribution in [2.75, 3.05) is 19.8 Å². The molecule has 0 aromatic rings. The molecule has 3 saturated heterocycles. The van der Waals surface area contributed by atoms with Gasteiger partial charge in [0.05, 0.1) is 19.8 Å². The lowest BCUT2D eigenvalue weighted by Crippen LogP contribution is -2.65. The van der Waals surface area contributed by atoms with Crippen LogP contribution < -0.4 is 0 Å². The van der Waals surface area contributed by atoms with E-state index in [4.69, 9.17) is 23.7 Å². The summed E-state index contributed by atoms with van der Waals surface area (Å²) in [5.41, 5.74) is 0. The Balaban J connectivity index is 1.65. The topological polar surface area (TPSA) is 269 Å². The molecule has 0 aromatic heterocycles. The average molecular weight is 504 g/mol. The highest BCUT2D eigenvalue weighted by Crippen LogP contribution is 2.29. The van der Waals surface area contributed by atoms with E-state index in [0.29, 0.717) is 0 Å². The zero-order valence-electron chi connectivity index (χ0n) is 17.7. The minimum Gasteiger partial charge on any atom is -0.394 e. The van der Waals surface area contributed by atoms with Crippen LogP contribution in [0.2, 0.25) is 0 Å². The average Bonchev–Trinajstić information content (AvgIpc) is 2.82. The number of aliphatic hydroxyl groups excluding tert-OH is 11. The highest BCUT2D eigenvalue weighted by molar-refractivity contribution is 4.94. The van der Waals surface area contributed by atoms with Crippen LogP contribution in [0, 0.1) is 0 Å². The summed E-state index contributed by atoms with van der Waals surface area (Å²) in [4.78, 5) is 0. The second-order valence-electron chi connectivity index (χ2n) is 8.37. The van der Waals surface area contributed by atoms with E-state index in [1.54, 1.807) is 0 Å². The van der Waals surface area contributed by atoms with Gasteiger partial charge < -0.3 is 79.9 Å². The van der Waals surface area contributed by atoms with Gasteiger partial charge in [0, 0.05) is 0 Å². The van der Waals surface area contributed by atoms with Gasteiger partial charge in [0.15, 0.2) is 18.9 Å². The van der Waals surface area contributed by atoms with Crippen LogP contribution in [-0.2, 0) is 23.7 Å². The van der Waals surface area contributed by atoms with Crippen LogP contribution in [0.4, 0.5) is 0 Å². The molecule has 16 nitrogen and oxygen atoms in total. The van der Waals surface area contributed by atoms with Crippen LogP contribution in [0.3, 0.4) is 0 Å². The second-order valence-corrected chi connectivity index (χ2v) is 8.37. The van der Waals surface area contributed by atoms with Crippen molar-refractivity contribution in [1.29, 1.82) is 0 Å². The van der Waals surface area contributed by atoms with Gasteiger partial charge >= 0.3 is 0 Å². The van der Waals surface area contributed by atoms with E-state index in [-0.39, 0.29) is 0 Å². The second kappa shape index (κ2) is 11.6. The number of hydrogen-bond acceptors (Lipinski definition) is 16. The third-order valence-corrected chi connectivity index (χ3v) is 6.07. The van der Waals surface area contributed by atoms with E-state index in [0.717, 1.165) is 0 Å². The first-order valence-corrected chi connectivity index (χ1v) is 10.6. The van der Waals surface area contributed by atoms with Crippen molar-refractivity contribution in [1.82, 2.24) is 0 Å². The standard InChI is InChI=1S/C18H32O16/c19-1-4-7(21)10(24)12(26)17(32-4)30-3-6-9(23)15(14(28)16(29)31-6)34-18-13(27)11(25)8(22)5(2-20)33-18/h4-29H,1-3H2/t4-,5-,6-,7-,8-,9-,10+,11+,12+,13-,14-,15+,16+,17+,18-/m1/s1. The maximum absolute atomic E-state index is 10.6. The molecule has 200 valence electrons. The fourth-order valence-electron chi connectivity index (χ4n) is 3.94. The summed E-state index contributed by atoms with van der Waals surface area (Å²) < 4.78 is 26.1. The molecule has 3 heterocycles. The van der Waals surface area contributed by atoms with Gasteiger partial charge in [-0.3, -0.25) is 0 Å². The summed E-state index contributed by atoms with van der Waals surface area (Å²) in [6.07, 6.45) is -24.9. The van der Waals surface area contributed by atoms with Gasteiger partial charge in [-0.25, -0.2) is 0 Å². The predicted molar refractivity (Wildman–Crippen MR) is 101 cm³/mol. The van der Waals surface area contributed by atoms with Crippen molar-refractivity contribution in [2.45, 2.75) is 92.1 Å². The molecule has 15 atom stereocenters. The summed E-state index contributed by atoms with van der Waals surface area (Å²) in [6.45, 7) is -2.06. The molecule has 34 heavy (non-hydrogen) atoms. The van der Waals surface area contributed by atoms with E-state index in [2.05, 4.69) is 0 Å². The van der Waals surface area contributed by atoms with E-state index in [1.807, 2.05) is 0 Å². The Morgan fingerprint density at radius 3 is 1.53 bits per heavy atom. The minimum absolute atomic E-state index is 0.609. The van der Waals surface area contributed by atoms with Gasteiger partial charge in [-0.1, -0.05) is 0 Å². The Kier molecular flexibility index (Phi) is 9.54. The highest BCUT2D eigenvalue weighted by Gasteiger charge is 2.51. The van der Waals surface area contributed by atoms with Gasteiger partial charge in [-0.2, -0.15) is 0 Å². The van der Waals surface area contributed by atoms with E-state index in [9.17, 15) is 56.2 Å². The molecule has 0 amide bonds. The van der Waals surface area contributed by atoms with Crippen molar-refractivity contribution in [3.05, 3.63) is 0 Å². The largest absolute Gasteiger partial charge is 0.394 e. The van der Waals surface area contributed by atoms with Gasteiger partial charge in [-0.15, -0.1) is 0 Å². The first-order valence-electron chi connectivity index (χ1n) is 10.6. The Morgan fingerprint density at radius 2 is 1.00 bits per heavy atom. The highest BCUT2D eigenvalue weighted by atomic mass is 16.7. The van der Waals surface area contributed by atoms with Crippen LogP contribution in [-0.4, -0.2) is 168 Å². The lowest BCUT2D eigenvalue weighted by molar-refractivity contribution is -0.361. The minimum atomic E-state index is -1.93. The molecule has 3 aliphatic heterocycles. The first kappa shape index (κ1) is 27.9. The number of aliphatic hydroxyl groups is 11. The van der Waals surface area contributed by atoms with E-state index in [1.165, 1.54) is 0 Å². The summed E-state index contributed by atoms with van der Waals surface area (Å²) in [5, 5.41) is 109. The molecule has 0 spiro atoms. The molecular weight excluding hydrogens is 472 g/mol. The monoisotopic (exact) mass is 504 g/mol. The Labute approximate surface area is 192 Å². The van der Waals surface area contributed by atoms with Crippen LogP contribution >= 0.6 is 0 Å². The van der Waals surface area contributed by atoms with Crippen molar-refractivity contribution in [3.63, 3.8) is 0 Å². The molecule has 0 radical (unpaired) electrons. The number of ether oxygens (including phenoxy) is 5. The SMILES string of the molecule is OC[C@H]1O[C@H](OC[C@H]2O[C@H](O)[C@H](O)[C@@H](O[C@H]3O[C@H](CO)[C@@H](O)[C@H](O)[C@H]3O)[C@@H]2O)[C@@H](O)[C@@H](O)[C@@H]1O. The van der Waals surface area contributed by atoms with Gasteiger partial charge in [0.25, 0.3) is 0 Å². The number of rotatable bonds is 7. The van der Waals surface area contributed by atoms with Crippen LogP contribution in [0.15, 0.2) is 0 Å². The van der Waals surface area contributed by atoms with Gasteiger partial charge in [-0.05, 0) is 0 Å². The molecule has 3 fully saturated rings. The zero-order chi connectivity index (χ0) is 25.3. The van der Waals surface area contributed by atoms with E-state index >= 15 is 0 Å². The molecule has 0 bridgehead atoms. The Morgan fingerprint density at radius 1 is 0.500 bits per heavy atom. The van der Waals surface area contributed by atoms with Crippen LogP contribution in [0.1, 0.15) is 0 Å². The summed E-state index contributed by atoms with van der Waals surface area (Å²) >= 11 is 0. The fourth-order valence-corrected chi connectivity index (χ4v) is 3.94. The van der Waals surface area contributed by atoms with Crippen molar-refractivity contribution in [2.24, 2.45) is 0 Å². The predicted octanol–water partition coefficient (Wildman–Crippen LogP) is -7.57. The third kappa shape index (κ3) is 5.52. The molecule has 16 heteroatoms. The smallest absolute Gasteiger partial charge is 0.187 e. The molecule has 0 saturated carbocycles. The molecule has 3 rings (SSSR count). The molecular formula is C18H32O16. The first-order chi connectivity index (χ1) is 16.0. The molecule has 0 aromatic carbocycles. The lowest BCUT2D eigenvalue weighted by atomic mass is 9.97. The van der Waals surface area contributed by atoms with Crippen molar-refractivity contribution in [3.8, 4) is 0 Å². The summed E-state index contributed by atoms with van der Waals surface area (Å²) in [7, 11) is 0. The molecule has 0 aliphatic carbocycles. The quantitative estimate of drug-likeness (QED) is 0.154.